The Kier molecular flexibility index (Phi) is 6.78. The second kappa shape index (κ2) is 9.04. The predicted molar refractivity (Wildman–Crippen MR) is 102 cm³/mol. The Balaban J connectivity index is 2.01. The number of ether oxygens (including phenoxy) is 1. The Hall–Kier alpha value is -2.59. The molecule has 4 heteroatoms. The smallest absolute Gasteiger partial charge is 0.244 e. The normalized spacial score (nSPS) is 11.1. The third-order valence-corrected chi connectivity index (χ3v) is 3.86. The van der Waals surface area contributed by atoms with Gasteiger partial charge in [0.15, 0.2) is 0 Å². The summed E-state index contributed by atoms with van der Waals surface area (Å²) in [5, 5.41) is 2.95. The van der Waals surface area contributed by atoms with Crippen molar-refractivity contribution in [1.29, 1.82) is 0 Å². The molecule has 0 radical (unpaired) electrons. The summed E-state index contributed by atoms with van der Waals surface area (Å²) in [6.07, 6.45) is 3.33. The van der Waals surface area contributed by atoms with Gasteiger partial charge < -0.3 is 15.0 Å². The van der Waals surface area contributed by atoms with Crippen LogP contribution in [0.5, 0.6) is 5.75 Å². The third kappa shape index (κ3) is 5.76. The van der Waals surface area contributed by atoms with Crippen molar-refractivity contribution in [2.24, 2.45) is 0 Å². The number of carbonyl (C=O) groups is 1. The van der Waals surface area contributed by atoms with Crippen LogP contribution in [0.3, 0.4) is 0 Å². The number of amides is 1. The lowest BCUT2D eigenvalue weighted by Gasteiger charge is -2.14. The largest absolute Gasteiger partial charge is 0.496 e. The molecule has 1 amide bonds. The van der Waals surface area contributed by atoms with E-state index in [0.29, 0.717) is 6.54 Å². The summed E-state index contributed by atoms with van der Waals surface area (Å²) < 4.78 is 5.33. The summed E-state index contributed by atoms with van der Waals surface area (Å²) in [7, 11) is 5.70. The maximum atomic E-state index is 12.2. The highest BCUT2D eigenvalue weighted by atomic mass is 16.5. The molecule has 0 fully saturated rings. The highest BCUT2D eigenvalue weighted by Gasteiger charge is 2.05. The fraction of sp³-hybridized carbons (Fsp3) is 0.286. The standard InChI is InChI=1S/C21H26N2O2/c1-16-9-11-20(25-4)17(13-16)10-12-21(24)22-14-18-7-5-6-8-19(18)15-23(2)3/h5-13H,14-15H2,1-4H3,(H,22,24)/b12-10+. The van der Waals surface area contributed by atoms with Gasteiger partial charge in [0.05, 0.1) is 7.11 Å². The summed E-state index contributed by atoms with van der Waals surface area (Å²) in [6, 6.07) is 14.0. The number of nitrogens with zero attached hydrogens (tertiary/aromatic N) is 1. The van der Waals surface area contributed by atoms with E-state index in [4.69, 9.17) is 4.74 Å². The Morgan fingerprint density at radius 1 is 1.16 bits per heavy atom. The van der Waals surface area contributed by atoms with Gasteiger partial charge in [0.25, 0.3) is 0 Å². The average molecular weight is 338 g/mol. The van der Waals surface area contributed by atoms with Crippen LogP contribution in [0.25, 0.3) is 6.08 Å². The highest BCUT2D eigenvalue weighted by Crippen LogP contribution is 2.20. The zero-order valence-electron chi connectivity index (χ0n) is 15.4. The first-order valence-electron chi connectivity index (χ1n) is 8.31. The summed E-state index contributed by atoms with van der Waals surface area (Å²) in [4.78, 5) is 14.3. The molecule has 0 aliphatic heterocycles. The molecular formula is C21H26N2O2. The number of methoxy groups -OCH3 is 1. The third-order valence-electron chi connectivity index (χ3n) is 3.86. The van der Waals surface area contributed by atoms with Gasteiger partial charge in [0, 0.05) is 24.7 Å². The fourth-order valence-corrected chi connectivity index (χ4v) is 2.62. The molecule has 2 aromatic rings. The van der Waals surface area contributed by atoms with Crippen molar-refractivity contribution in [3.05, 3.63) is 70.8 Å². The minimum atomic E-state index is -0.122. The predicted octanol–water partition coefficient (Wildman–Crippen LogP) is 3.39. The van der Waals surface area contributed by atoms with Crippen LogP contribution < -0.4 is 10.1 Å². The molecular weight excluding hydrogens is 312 g/mol. The van der Waals surface area contributed by atoms with Gasteiger partial charge in [-0.1, -0.05) is 35.9 Å². The lowest BCUT2D eigenvalue weighted by atomic mass is 10.1. The molecule has 0 aliphatic rings. The van der Waals surface area contributed by atoms with E-state index in [1.165, 1.54) is 5.56 Å². The molecule has 0 saturated heterocycles. The second-order valence-corrected chi connectivity index (χ2v) is 6.30. The fourth-order valence-electron chi connectivity index (χ4n) is 2.62. The summed E-state index contributed by atoms with van der Waals surface area (Å²) >= 11 is 0. The first-order valence-corrected chi connectivity index (χ1v) is 8.31. The van der Waals surface area contributed by atoms with Crippen LogP contribution >= 0.6 is 0 Å². The minimum absolute atomic E-state index is 0.122. The number of aryl methyl sites for hydroxylation is 1. The number of benzene rings is 2. The molecule has 0 spiro atoms. The number of hydrogen-bond acceptors (Lipinski definition) is 3. The summed E-state index contributed by atoms with van der Waals surface area (Å²) in [5.41, 5.74) is 4.37. The molecule has 25 heavy (non-hydrogen) atoms. The van der Waals surface area contributed by atoms with E-state index in [2.05, 4.69) is 16.3 Å². The van der Waals surface area contributed by atoms with Crippen molar-refractivity contribution >= 4 is 12.0 Å². The minimum Gasteiger partial charge on any atom is -0.496 e. The molecule has 4 nitrogen and oxygen atoms in total. The van der Waals surface area contributed by atoms with Gasteiger partial charge in [-0.15, -0.1) is 0 Å². The van der Waals surface area contributed by atoms with Crippen LogP contribution in [0, 0.1) is 6.92 Å². The molecule has 0 unspecified atom stereocenters. The van der Waals surface area contributed by atoms with E-state index < -0.39 is 0 Å². The molecule has 2 rings (SSSR count). The van der Waals surface area contributed by atoms with Gasteiger partial charge >= 0.3 is 0 Å². The molecule has 0 heterocycles. The van der Waals surface area contributed by atoms with Gasteiger partial charge in [-0.25, -0.2) is 0 Å². The molecule has 0 saturated carbocycles. The number of carbonyl (C=O) groups excluding carboxylic acids is 1. The molecule has 0 bridgehead atoms. The van der Waals surface area contributed by atoms with Gasteiger partial charge in [-0.05, 0) is 50.4 Å². The van der Waals surface area contributed by atoms with E-state index in [9.17, 15) is 4.79 Å². The number of hydrogen-bond donors (Lipinski definition) is 1. The van der Waals surface area contributed by atoms with Crippen molar-refractivity contribution in [1.82, 2.24) is 10.2 Å². The summed E-state index contributed by atoms with van der Waals surface area (Å²) in [5.74, 6) is 0.634. The topological polar surface area (TPSA) is 41.6 Å². The number of nitrogens with one attached hydrogen (secondary N) is 1. The zero-order valence-corrected chi connectivity index (χ0v) is 15.4. The van der Waals surface area contributed by atoms with Crippen molar-refractivity contribution in [3.8, 4) is 5.75 Å². The zero-order chi connectivity index (χ0) is 18.2. The molecule has 0 aliphatic carbocycles. The highest BCUT2D eigenvalue weighted by molar-refractivity contribution is 5.92. The monoisotopic (exact) mass is 338 g/mol. The van der Waals surface area contributed by atoms with Crippen LogP contribution in [-0.4, -0.2) is 32.0 Å². The molecule has 2 aromatic carbocycles. The van der Waals surface area contributed by atoms with Crippen molar-refractivity contribution in [3.63, 3.8) is 0 Å². The lowest BCUT2D eigenvalue weighted by molar-refractivity contribution is -0.116. The Labute approximate surface area is 150 Å². The summed E-state index contributed by atoms with van der Waals surface area (Å²) in [6.45, 7) is 3.37. The molecule has 1 N–H and O–H groups in total. The van der Waals surface area contributed by atoms with E-state index in [1.807, 2.05) is 57.4 Å². The number of rotatable bonds is 7. The van der Waals surface area contributed by atoms with Crippen LogP contribution in [0.1, 0.15) is 22.3 Å². The SMILES string of the molecule is COc1ccc(C)cc1/C=C/C(=O)NCc1ccccc1CN(C)C. The van der Waals surface area contributed by atoms with E-state index in [0.717, 1.165) is 29.0 Å². The maximum Gasteiger partial charge on any atom is 0.244 e. The molecule has 132 valence electrons. The van der Waals surface area contributed by atoms with Gasteiger partial charge in [-0.3, -0.25) is 4.79 Å². The molecule has 0 aromatic heterocycles. The maximum absolute atomic E-state index is 12.2. The van der Waals surface area contributed by atoms with Crippen LogP contribution in [0.15, 0.2) is 48.5 Å². The Morgan fingerprint density at radius 2 is 1.88 bits per heavy atom. The Morgan fingerprint density at radius 3 is 2.56 bits per heavy atom. The van der Waals surface area contributed by atoms with E-state index in [-0.39, 0.29) is 5.91 Å². The average Bonchev–Trinajstić information content (AvgIpc) is 2.59. The first kappa shape index (κ1) is 18.7. The van der Waals surface area contributed by atoms with Gasteiger partial charge in [0.1, 0.15) is 5.75 Å². The van der Waals surface area contributed by atoms with Gasteiger partial charge in [-0.2, -0.15) is 0 Å². The van der Waals surface area contributed by atoms with Crippen molar-refractivity contribution in [2.45, 2.75) is 20.0 Å². The lowest BCUT2D eigenvalue weighted by Crippen LogP contribution is -2.22. The first-order chi connectivity index (χ1) is 12.0. The van der Waals surface area contributed by atoms with Crippen molar-refractivity contribution < 1.29 is 9.53 Å². The van der Waals surface area contributed by atoms with Crippen molar-refractivity contribution in [2.75, 3.05) is 21.2 Å². The van der Waals surface area contributed by atoms with Crippen LogP contribution in [0.2, 0.25) is 0 Å². The van der Waals surface area contributed by atoms with Gasteiger partial charge in [0.2, 0.25) is 5.91 Å². The quantitative estimate of drug-likeness (QED) is 0.787. The molecule has 0 atom stereocenters. The van der Waals surface area contributed by atoms with Crippen LogP contribution in [0.4, 0.5) is 0 Å². The van der Waals surface area contributed by atoms with E-state index in [1.54, 1.807) is 19.3 Å². The Bertz CT molecular complexity index is 751. The second-order valence-electron chi connectivity index (χ2n) is 6.30. The van der Waals surface area contributed by atoms with Crippen LogP contribution in [-0.2, 0) is 17.9 Å². The van der Waals surface area contributed by atoms with E-state index >= 15 is 0 Å².